The number of hydrogen-bond acceptors (Lipinski definition) is 1. The Balaban J connectivity index is 0. The fourth-order valence-corrected chi connectivity index (χ4v) is 0. The molecule has 1 nitrogen and oxygen atoms in total. The summed E-state index contributed by atoms with van der Waals surface area (Å²) >= 11 is 0. The van der Waals surface area contributed by atoms with Crippen LogP contribution in [-0.4, -0.2) is 29.6 Å². The quantitative estimate of drug-likeness (QED) is 0.377. The second kappa shape index (κ2) is 9.63. The van der Waals surface area contributed by atoms with Crippen molar-refractivity contribution in [3.63, 3.8) is 0 Å². The van der Waals surface area contributed by atoms with Gasteiger partial charge in [-0.25, -0.2) is 0 Å². The van der Waals surface area contributed by atoms with E-state index in [9.17, 15) is 0 Å². The van der Waals surface area contributed by atoms with E-state index in [1.54, 1.807) is 0 Å². The van der Waals surface area contributed by atoms with Crippen molar-refractivity contribution in [1.82, 2.24) is 0 Å². The van der Waals surface area contributed by atoms with Crippen LogP contribution in [0.15, 0.2) is 12.8 Å². The summed E-state index contributed by atoms with van der Waals surface area (Å²) in [6, 6.07) is 0. The van der Waals surface area contributed by atoms with E-state index in [4.69, 9.17) is 0 Å². The first-order valence-corrected chi connectivity index (χ1v) is 0.742. The second-order valence-electron chi connectivity index (χ2n) is 0.236. The fourth-order valence-electron chi connectivity index (χ4n) is 0. The molecule has 0 rings (SSSR count). The van der Waals surface area contributed by atoms with Crippen LogP contribution in [0.25, 0.3) is 0 Å². The molecule has 0 aromatic heterocycles. The van der Waals surface area contributed by atoms with Gasteiger partial charge in [0, 0.05) is 0 Å². The van der Waals surface area contributed by atoms with Gasteiger partial charge < -0.3 is 5.73 Å². The van der Waals surface area contributed by atoms with Crippen molar-refractivity contribution in [2.75, 3.05) is 0 Å². The van der Waals surface area contributed by atoms with E-state index < -0.39 is 0 Å². The summed E-state index contributed by atoms with van der Waals surface area (Å²) in [5.41, 5.74) is 4.61. The molecule has 0 radical (unpaired) electrons. The molecule has 0 saturated heterocycles. The summed E-state index contributed by atoms with van der Waals surface area (Å²) < 4.78 is 0. The van der Waals surface area contributed by atoms with Gasteiger partial charge in [-0.3, -0.25) is 0 Å². The molecule has 0 aliphatic carbocycles. The molecule has 0 amide bonds. The number of hydrogen-bond donors (Lipinski definition) is 1. The average molecular weight is 67.1 g/mol. The zero-order valence-corrected chi connectivity index (χ0v) is 1.86. The Kier molecular flexibility index (Phi) is 21.2. The second-order valence-corrected chi connectivity index (χ2v) is 0.236. The molecule has 0 aromatic rings. The van der Waals surface area contributed by atoms with Gasteiger partial charge in [0.05, 0.1) is 0 Å². The van der Waals surface area contributed by atoms with Crippen molar-refractivity contribution in [1.29, 1.82) is 0 Å². The summed E-state index contributed by atoms with van der Waals surface area (Å²) in [5, 5.41) is 0. The summed E-state index contributed by atoms with van der Waals surface area (Å²) in [4.78, 5) is 0. The van der Waals surface area contributed by atoms with Crippen LogP contribution >= 0.6 is 0 Å². The third-order valence-corrected chi connectivity index (χ3v) is 0. The van der Waals surface area contributed by atoms with Gasteiger partial charge in [0.25, 0.3) is 0 Å². The van der Waals surface area contributed by atoms with Crippen molar-refractivity contribution >= 4 is 29.6 Å². The number of rotatable bonds is 0. The molecule has 4 heavy (non-hydrogen) atoms. The van der Waals surface area contributed by atoms with Gasteiger partial charge in [0.1, 0.15) is 0 Å². The molecule has 2 N–H and O–H groups in total. The fraction of sp³-hybridized carbons (Fsp3) is 0. The van der Waals surface area contributed by atoms with E-state index in [2.05, 4.69) is 12.3 Å². The third kappa shape index (κ3) is 20.7. The van der Waals surface area contributed by atoms with E-state index in [0.29, 0.717) is 0 Å². The molecule has 0 aliphatic heterocycles. The molecule has 0 aromatic carbocycles. The normalized spacial score (nSPS) is 3.00. The Morgan fingerprint density at radius 1 is 1.75 bits per heavy atom. The van der Waals surface area contributed by atoms with Crippen molar-refractivity contribution in [3.05, 3.63) is 12.8 Å². The monoisotopic (exact) mass is 67.0 g/mol. The van der Waals surface area contributed by atoms with Crippen LogP contribution in [-0.2, 0) is 0 Å². The molecule has 0 spiro atoms. The zero-order valence-electron chi connectivity index (χ0n) is 1.86. The van der Waals surface area contributed by atoms with Crippen LogP contribution in [0.2, 0.25) is 0 Å². The SMILES string of the molecule is C=CN.[NaH]. The van der Waals surface area contributed by atoms with Crippen LogP contribution in [0.1, 0.15) is 0 Å². The van der Waals surface area contributed by atoms with Gasteiger partial charge in [-0.2, -0.15) is 0 Å². The van der Waals surface area contributed by atoms with Crippen LogP contribution in [0.3, 0.4) is 0 Å². The molecule has 0 aliphatic rings. The Hall–Kier alpha value is 0.540. The summed E-state index contributed by atoms with van der Waals surface area (Å²) in [5.74, 6) is 0. The molecule has 0 unspecified atom stereocenters. The molecule has 0 saturated carbocycles. The first-order valence-electron chi connectivity index (χ1n) is 0.742. The van der Waals surface area contributed by atoms with E-state index in [0.717, 1.165) is 0 Å². The Morgan fingerprint density at radius 2 is 1.75 bits per heavy atom. The molecule has 0 atom stereocenters. The number of nitrogens with two attached hydrogens (primary N) is 1. The molecule has 0 bridgehead atoms. The Labute approximate surface area is 48.2 Å². The van der Waals surface area contributed by atoms with E-state index in [-0.39, 0.29) is 29.6 Å². The van der Waals surface area contributed by atoms with E-state index in [1.807, 2.05) is 0 Å². The van der Waals surface area contributed by atoms with Crippen molar-refractivity contribution in [2.45, 2.75) is 0 Å². The molecular formula is C2H6NNa. The van der Waals surface area contributed by atoms with Gasteiger partial charge in [-0.05, 0) is 6.20 Å². The van der Waals surface area contributed by atoms with Crippen LogP contribution in [0, 0.1) is 0 Å². The van der Waals surface area contributed by atoms with E-state index >= 15 is 0 Å². The summed E-state index contributed by atoms with van der Waals surface area (Å²) in [6.45, 7) is 3.14. The van der Waals surface area contributed by atoms with Crippen LogP contribution < -0.4 is 5.73 Å². The molecule has 0 fully saturated rings. The standard InChI is InChI=1S/C2H5N.Na.H/c1-2-3;;/h2H,1,3H2;;. The van der Waals surface area contributed by atoms with Crippen LogP contribution in [0.4, 0.5) is 0 Å². The molecule has 20 valence electrons. The summed E-state index contributed by atoms with van der Waals surface area (Å²) in [6.07, 6.45) is 1.25. The first kappa shape index (κ1) is 8.82. The zero-order chi connectivity index (χ0) is 2.71. The minimum absolute atomic E-state index is 0. The van der Waals surface area contributed by atoms with Gasteiger partial charge in [0.15, 0.2) is 0 Å². The van der Waals surface area contributed by atoms with Gasteiger partial charge in [-0.15, -0.1) is 0 Å². The minimum atomic E-state index is 0. The molecular weight excluding hydrogens is 61.0 g/mol. The average Bonchev–Trinajstić information content (AvgIpc) is 0.918. The van der Waals surface area contributed by atoms with Gasteiger partial charge >= 0.3 is 29.6 Å². The molecule has 2 heteroatoms. The maximum absolute atomic E-state index is 4.61. The van der Waals surface area contributed by atoms with Crippen LogP contribution in [0.5, 0.6) is 0 Å². The third-order valence-electron chi connectivity index (χ3n) is 0. The van der Waals surface area contributed by atoms with Crippen molar-refractivity contribution in [3.8, 4) is 0 Å². The predicted octanol–water partition coefficient (Wildman–Crippen LogP) is -0.560. The van der Waals surface area contributed by atoms with E-state index in [1.165, 1.54) is 6.20 Å². The van der Waals surface area contributed by atoms with Crippen molar-refractivity contribution in [2.24, 2.45) is 5.73 Å². The van der Waals surface area contributed by atoms with Gasteiger partial charge in [-0.1, -0.05) is 6.58 Å². The van der Waals surface area contributed by atoms with Gasteiger partial charge in [0.2, 0.25) is 0 Å². The molecule has 0 heterocycles. The first-order chi connectivity index (χ1) is 1.41. The maximum atomic E-state index is 4.61. The van der Waals surface area contributed by atoms with Crippen molar-refractivity contribution < 1.29 is 0 Å². The Morgan fingerprint density at radius 3 is 1.75 bits per heavy atom. The topological polar surface area (TPSA) is 26.0 Å². The summed E-state index contributed by atoms with van der Waals surface area (Å²) in [7, 11) is 0. The predicted molar refractivity (Wildman–Crippen MR) is 21.5 cm³/mol. The Bertz CT molecular complexity index is 13.5.